The maximum atomic E-state index is 12.9. The SMILES string of the molecule is O=C(NCCc1ccc(Cl)cc1)C12C[C@@H]3C[C@@H](CC(Cl)(C3)C1)C2. The number of alkyl halides is 1. The predicted molar refractivity (Wildman–Crippen MR) is 93.9 cm³/mol. The number of benzene rings is 1. The van der Waals surface area contributed by atoms with E-state index in [-0.39, 0.29) is 16.2 Å². The highest BCUT2D eigenvalue weighted by Gasteiger charge is 2.59. The molecule has 4 atom stereocenters. The summed E-state index contributed by atoms with van der Waals surface area (Å²) in [5, 5.41) is 3.94. The lowest BCUT2D eigenvalue weighted by Crippen LogP contribution is -2.58. The molecule has 4 aliphatic rings. The van der Waals surface area contributed by atoms with Crippen molar-refractivity contribution >= 4 is 29.1 Å². The zero-order chi connectivity index (χ0) is 16.1. The summed E-state index contributed by atoms with van der Waals surface area (Å²) in [7, 11) is 0. The topological polar surface area (TPSA) is 29.1 Å². The molecule has 5 rings (SSSR count). The molecule has 0 heterocycles. The van der Waals surface area contributed by atoms with E-state index in [1.807, 2.05) is 24.3 Å². The molecule has 0 saturated heterocycles. The molecule has 0 aromatic heterocycles. The fourth-order valence-electron chi connectivity index (χ4n) is 5.58. The lowest BCUT2D eigenvalue weighted by atomic mass is 9.49. The van der Waals surface area contributed by atoms with Crippen LogP contribution in [0.25, 0.3) is 0 Å². The van der Waals surface area contributed by atoms with Gasteiger partial charge < -0.3 is 5.32 Å². The molecule has 4 aliphatic carbocycles. The average Bonchev–Trinajstić information content (AvgIpc) is 2.46. The number of halogens is 2. The van der Waals surface area contributed by atoms with E-state index in [0.29, 0.717) is 18.4 Å². The van der Waals surface area contributed by atoms with Crippen molar-refractivity contribution in [3.8, 4) is 0 Å². The van der Waals surface area contributed by atoms with E-state index in [9.17, 15) is 4.79 Å². The van der Waals surface area contributed by atoms with Crippen molar-refractivity contribution in [1.29, 1.82) is 0 Å². The van der Waals surface area contributed by atoms with Crippen molar-refractivity contribution in [2.75, 3.05) is 6.54 Å². The van der Waals surface area contributed by atoms with Gasteiger partial charge in [-0.25, -0.2) is 0 Å². The van der Waals surface area contributed by atoms with Crippen molar-refractivity contribution in [3.63, 3.8) is 0 Å². The Bertz CT molecular complexity index is 598. The van der Waals surface area contributed by atoms with E-state index >= 15 is 0 Å². The summed E-state index contributed by atoms with van der Waals surface area (Å²) in [6.45, 7) is 0.687. The number of carbonyl (C=O) groups excluding carboxylic acids is 1. The van der Waals surface area contributed by atoms with Crippen LogP contribution in [-0.4, -0.2) is 17.3 Å². The molecule has 4 heteroatoms. The van der Waals surface area contributed by atoms with Gasteiger partial charge in [-0.2, -0.15) is 0 Å². The summed E-state index contributed by atoms with van der Waals surface area (Å²) in [5.74, 6) is 1.57. The van der Waals surface area contributed by atoms with Gasteiger partial charge in [0.15, 0.2) is 0 Å². The van der Waals surface area contributed by atoms with Crippen LogP contribution in [0.5, 0.6) is 0 Å². The highest BCUT2D eigenvalue weighted by atomic mass is 35.5. The first kappa shape index (κ1) is 15.8. The van der Waals surface area contributed by atoms with Crippen molar-refractivity contribution in [2.45, 2.75) is 49.8 Å². The van der Waals surface area contributed by atoms with E-state index in [4.69, 9.17) is 23.2 Å². The lowest BCUT2D eigenvalue weighted by Gasteiger charge is -2.59. The Morgan fingerprint density at radius 1 is 1.13 bits per heavy atom. The van der Waals surface area contributed by atoms with Crippen LogP contribution >= 0.6 is 23.2 Å². The highest BCUT2D eigenvalue weighted by Crippen LogP contribution is 2.63. The summed E-state index contributed by atoms with van der Waals surface area (Å²) in [6, 6.07) is 7.84. The Morgan fingerprint density at radius 3 is 2.39 bits per heavy atom. The van der Waals surface area contributed by atoms with Gasteiger partial charge >= 0.3 is 0 Å². The van der Waals surface area contributed by atoms with Crippen molar-refractivity contribution in [3.05, 3.63) is 34.9 Å². The second-order valence-electron chi connectivity index (χ2n) is 8.02. The molecule has 1 amide bonds. The first-order chi connectivity index (χ1) is 11.0. The maximum absolute atomic E-state index is 12.9. The molecule has 2 unspecified atom stereocenters. The number of rotatable bonds is 4. The van der Waals surface area contributed by atoms with Gasteiger partial charge in [0, 0.05) is 16.4 Å². The number of carbonyl (C=O) groups is 1. The van der Waals surface area contributed by atoms with Gasteiger partial charge in [-0.3, -0.25) is 4.79 Å². The molecular formula is C19H23Cl2NO. The molecule has 1 N–H and O–H groups in total. The second-order valence-corrected chi connectivity index (χ2v) is 9.26. The molecule has 0 aliphatic heterocycles. The van der Waals surface area contributed by atoms with Crippen LogP contribution in [0.3, 0.4) is 0 Å². The van der Waals surface area contributed by atoms with Crippen LogP contribution in [0.15, 0.2) is 24.3 Å². The molecular weight excluding hydrogens is 329 g/mol. The summed E-state index contributed by atoms with van der Waals surface area (Å²) < 4.78 is 0. The molecule has 4 fully saturated rings. The fraction of sp³-hybridized carbons (Fsp3) is 0.632. The highest BCUT2D eigenvalue weighted by molar-refractivity contribution is 6.30. The van der Waals surface area contributed by atoms with Crippen molar-refractivity contribution in [2.24, 2.45) is 17.3 Å². The zero-order valence-corrected chi connectivity index (χ0v) is 14.8. The predicted octanol–water partition coefficient (Wildman–Crippen LogP) is 4.58. The van der Waals surface area contributed by atoms with Gasteiger partial charge in [0.25, 0.3) is 0 Å². The number of hydrogen-bond acceptors (Lipinski definition) is 1. The van der Waals surface area contributed by atoms with Gasteiger partial charge in [0.1, 0.15) is 0 Å². The molecule has 23 heavy (non-hydrogen) atoms. The minimum absolute atomic E-state index is 0.0996. The second kappa shape index (κ2) is 5.67. The molecule has 4 bridgehead atoms. The Labute approximate surface area is 147 Å². The molecule has 124 valence electrons. The number of hydrogen-bond donors (Lipinski definition) is 1. The van der Waals surface area contributed by atoms with Gasteiger partial charge in [0.05, 0.1) is 5.41 Å². The van der Waals surface area contributed by atoms with Crippen LogP contribution in [0.1, 0.15) is 44.1 Å². The minimum Gasteiger partial charge on any atom is -0.355 e. The molecule has 4 saturated carbocycles. The Hall–Kier alpha value is -0.730. The van der Waals surface area contributed by atoms with Crippen molar-refractivity contribution in [1.82, 2.24) is 5.32 Å². The maximum Gasteiger partial charge on any atom is 0.226 e. The van der Waals surface area contributed by atoms with E-state index in [1.165, 1.54) is 12.0 Å². The lowest BCUT2D eigenvalue weighted by molar-refractivity contribution is -0.144. The first-order valence-corrected chi connectivity index (χ1v) is 9.44. The summed E-state index contributed by atoms with van der Waals surface area (Å²) in [4.78, 5) is 12.8. The summed E-state index contributed by atoms with van der Waals surface area (Å²) in [6.07, 6.45) is 7.33. The molecule has 1 aromatic rings. The third-order valence-electron chi connectivity index (χ3n) is 6.08. The standard InChI is InChI=1S/C19H23Cl2NO/c20-16-3-1-13(2-4-16)5-6-22-17(23)18-8-14-7-15(9-18)11-19(21,10-14)12-18/h1-4,14-15H,5-12H2,(H,22,23)/t14-,15+,18?,19?. The molecule has 1 aromatic carbocycles. The van der Waals surface area contributed by atoms with E-state index in [1.54, 1.807) is 0 Å². The monoisotopic (exact) mass is 351 g/mol. The first-order valence-electron chi connectivity index (χ1n) is 8.68. The summed E-state index contributed by atoms with van der Waals surface area (Å²) >= 11 is 12.7. The Morgan fingerprint density at radius 2 is 1.78 bits per heavy atom. The van der Waals surface area contributed by atoms with Crippen LogP contribution in [0, 0.1) is 17.3 Å². The van der Waals surface area contributed by atoms with Crippen LogP contribution < -0.4 is 5.32 Å². The number of amides is 1. The van der Waals surface area contributed by atoms with Crippen LogP contribution in [-0.2, 0) is 11.2 Å². The molecule has 0 spiro atoms. The quantitative estimate of drug-likeness (QED) is 0.790. The molecule has 2 nitrogen and oxygen atoms in total. The van der Waals surface area contributed by atoms with E-state index in [0.717, 1.165) is 43.5 Å². The third kappa shape index (κ3) is 3.00. The Balaban J connectivity index is 1.38. The smallest absolute Gasteiger partial charge is 0.226 e. The average molecular weight is 352 g/mol. The van der Waals surface area contributed by atoms with E-state index in [2.05, 4.69) is 5.32 Å². The number of nitrogens with one attached hydrogen (secondary N) is 1. The van der Waals surface area contributed by atoms with E-state index < -0.39 is 0 Å². The molecule has 0 radical (unpaired) electrons. The van der Waals surface area contributed by atoms with Crippen LogP contribution in [0.4, 0.5) is 0 Å². The normalized spacial score (nSPS) is 37.8. The summed E-state index contributed by atoms with van der Waals surface area (Å²) in [5.41, 5.74) is 1.01. The Kier molecular flexibility index (Phi) is 3.89. The zero-order valence-electron chi connectivity index (χ0n) is 13.3. The third-order valence-corrected chi connectivity index (χ3v) is 6.78. The van der Waals surface area contributed by atoms with Crippen molar-refractivity contribution < 1.29 is 4.79 Å². The van der Waals surface area contributed by atoms with Crippen LogP contribution in [0.2, 0.25) is 5.02 Å². The largest absolute Gasteiger partial charge is 0.355 e. The minimum atomic E-state index is -0.189. The fourth-order valence-corrected chi connectivity index (χ4v) is 6.39. The van der Waals surface area contributed by atoms with Gasteiger partial charge in [0.2, 0.25) is 5.91 Å². The van der Waals surface area contributed by atoms with Gasteiger partial charge in [-0.1, -0.05) is 23.7 Å². The van der Waals surface area contributed by atoms with Gasteiger partial charge in [-0.15, -0.1) is 11.6 Å². The van der Waals surface area contributed by atoms with Gasteiger partial charge in [-0.05, 0) is 74.5 Å².